The molecule has 0 aliphatic carbocycles. The van der Waals surface area contributed by atoms with Gasteiger partial charge in [0.1, 0.15) is 18.8 Å². The third-order valence-electron chi connectivity index (χ3n) is 6.72. The molecule has 0 unspecified atom stereocenters. The maximum atomic E-state index is 13.4. The molecule has 0 N–H and O–H groups in total. The maximum absolute atomic E-state index is 13.4. The van der Waals surface area contributed by atoms with Crippen LogP contribution < -0.4 is 0 Å². The second kappa shape index (κ2) is 14.4. The number of hydrogen-bond donors (Lipinski definition) is 0. The number of rotatable bonds is 12. The molecule has 0 bridgehead atoms. The summed E-state index contributed by atoms with van der Waals surface area (Å²) < 4.78 is 30.3. The van der Waals surface area contributed by atoms with Crippen molar-refractivity contribution in [3.8, 4) is 0 Å². The zero-order chi connectivity index (χ0) is 28.3. The Kier molecular flexibility index (Phi) is 9.89. The van der Waals surface area contributed by atoms with Crippen LogP contribution in [0.15, 0.2) is 121 Å². The molecular weight excluding hydrogens is 520 g/mol. The normalized spacial score (nSPS) is 20.2. The molecule has 7 nitrogen and oxygen atoms in total. The molecule has 1 aliphatic heterocycles. The van der Waals surface area contributed by atoms with E-state index in [1.165, 1.54) is 0 Å². The molecule has 0 amide bonds. The lowest BCUT2D eigenvalue weighted by molar-refractivity contribution is -0.236. The monoisotopic (exact) mass is 552 g/mol. The molecular formula is C34H32O7. The first-order valence-corrected chi connectivity index (χ1v) is 13.6. The summed E-state index contributed by atoms with van der Waals surface area (Å²) in [5.41, 5.74) is 3.18. The van der Waals surface area contributed by atoms with Gasteiger partial charge in [-0.15, -0.1) is 0 Å². The maximum Gasteiger partial charge on any atom is 0.338 e. The number of ether oxygens (including phenoxy) is 5. The molecule has 1 fully saturated rings. The van der Waals surface area contributed by atoms with Crippen molar-refractivity contribution >= 4 is 11.9 Å². The molecule has 0 spiro atoms. The lowest BCUT2D eigenvalue weighted by Gasteiger charge is -2.40. The number of cyclic esters (lactones) is 1. The Morgan fingerprint density at radius 1 is 0.585 bits per heavy atom. The van der Waals surface area contributed by atoms with E-state index in [-0.39, 0.29) is 26.4 Å². The van der Waals surface area contributed by atoms with Crippen molar-refractivity contribution in [1.29, 1.82) is 0 Å². The average molecular weight is 553 g/mol. The van der Waals surface area contributed by atoms with E-state index in [2.05, 4.69) is 0 Å². The molecule has 1 heterocycles. The number of esters is 2. The van der Waals surface area contributed by atoms with Gasteiger partial charge in [-0.2, -0.15) is 0 Å². The zero-order valence-electron chi connectivity index (χ0n) is 22.5. The van der Waals surface area contributed by atoms with Crippen molar-refractivity contribution < 1.29 is 33.3 Å². The van der Waals surface area contributed by atoms with Crippen LogP contribution in [0.2, 0.25) is 0 Å². The predicted molar refractivity (Wildman–Crippen MR) is 152 cm³/mol. The van der Waals surface area contributed by atoms with E-state index in [0.717, 1.165) is 16.7 Å². The Bertz CT molecular complexity index is 1360. The van der Waals surface area contributed by atoms with E-state index >= 15 is 0 Å². The van der Waals surface area contributed by atoms with Gasteiger partial charge >= 0.3 is 11.9 Å². The van der Waals surface area contributed by atoms with Crippen LogP contribution in [-0.2, 0) is 48.3 Å². The minimum absolute atomic E-state index is 0.185. The van der Waals surface area contributed by atoms with Crippen molar-refractivity contribution in [2.45, 2.75) is 44.2 Å². The van der Waals surface area contributed by atoms with Crippen LogP contribution in [0.5, 0.6) is 0 Å². The van der Waals surface area contributed by atoms with E-state index in [1.807, 2.05) is 97.1 Å². The zero-order valence-corrected chi connectivity index (χ0v) is 22.5. The van der Waals surface area contributed by atoms with Crippen LogP contribution in [0.1, 0.15) is 27.0 Å². The van der Waals surface area contributed by atoms with Gasteiger partial charge in [0, 0.05) is 0 Å². The van der Waals surface area contributed by atoms with Gasteiger partial charge in [0.05, 0.1) is 25.4 Å². The van der Waals surface area contributed by atoms with Crippen molar-refractivity contribution in [3.63, 3.8) is 0 Å². The Balaban J connectivity index is 1.38. The third kappa shape index (κ3) is 7.89. The van der Waals surface area contributed by atoms with Crippen molar-refractivity contribution in [2.75, 3.05) is 6.61 Å². The van der Waals surface area contributed by atoms with Crippen LogP contribution in [0.3, 0.4) is 0 Å². The molecule has 1 saturated heterocycles. The highest BCUT2D eigenvalue weighted by atomic mass is 16.6. The number of benzene rings is 4. The van der Waals surface area contributed by atoms with Gasteiger partial charge in [0.15, 0.2) is 12.2 Å². The summed E-state index contributed by atoms with van der Waals surface area (Å²) in [5, 5.41) is 0. The van der Waals surface area contributed by atoms with Gasteiger partial charge in [-0.1, -0.05) is 109 Å². The topological polar surface area (TPSA) is 80.3 Å². The first-order valence-electron chi connectivity index (χ1n) is 13.6. The second-order valence-electron chi connectivity index (χ2n) is 9.68. The van der Waals surface area contributed by atoms with E-state index in [4.69, 9.17) is 23.7 Å². The predicted octanol–water partition coefficient (Wildman–Crippen LogP) is 5.53. The van der Waals surface area contributed by atoms with Crippen LogP contribution in [-0.4, -0.2) is 43.0 Å². The fourth-order valence-electron chi connectivity index (χ4n) is 4.59. The highest BCUT2D eigenvalue weighted by Crippen LogP contribution is 2.28. The molecule has 7 heteroatoms. The van der Waals surface area contributed by atoms with Gasteiger partial charge in [0.25, 0.3) is 0 Å². The van der Waals surface area contributed by atoms with Gasteiger partial charge in [-0.05, 0) is 28.8 Å². The summed E-state index contributed by atoms with van der Waals surface area (Å²) >= 11 is 0. The molecule has 4 aromatic carbocycles. The molecule has 210 valence electrons. The summed E-state index contributed by atoms with van der Waals surface area (Å²) in [4.78, 5) is 26.1. The quantitative estimate of drug-likeness (QED) is 0.214. The fourth-order valence-corrected chi connectivity index (χ4v) is 4.59. The number of carbonyl (C=O) groups excluding carboxylic acids is 2. The molecule has 41 heavy (non-hydrogen) atoms. The first-order chi connectivity index (χ1) is 20.2. The van der Waals surface area contributed by atoms with Gasteiger partial charge in [0.2, 0.25) is 0 Å². The van der Waals surface area contributed by atoms with Gasteiger partial charge in [-0.25, -0.2) is 9.59 Å². The summed E-state index contributed by atoms with van der Waals surface area (Å²) in [6, 6.07) is 37.6. The summed E-state index contributed by atoms with van der Waals surface area (Å²) in [6.07, 6.45) is -3.57. The van der Waals surface area contributed by atoms with E-state index in [0.29, 0.717) is 5.56 Å². The second-order valence-corrected chi connectivity index (χ2v) is 9.68. The molecule has 0 saturated carbocycles. The minimum Gasteiger partial charge on any atom is -0.458 e. The first kappa shape index (κ1) is 28.2. The summed E-state index contributed by atoms with van der Waals surface area (Å²) in [6.45, 7) is 0.453. The SMILES string of the molecule is O=C(OC[C@H]1OC(=O)[C@H](OCc2ccccc2)[C@@H](OCc2ccccc2)[C@@H]1OCc1ccccc1)c1ccccc1. The molecule has 4 atom stereocenters. The molecule has 5 rings (SSSR count). The van der Waals surface area contributed by atoms with E-state index in [9.17, 15) is 9.59 Å². The molecule has 0 radical (unpaired) electrons. The molecule has 1 aliphatic rings. The fraction of sp³-hybridized carbons (Fsp3) is 0.235. The van der Waals surface area contributed by atoms with Gasteiger partial charge < -0.3 is 23.7 Å². The minimum atomic E-state index is -1.05. The molecule has 4 aromatic rings. The summed E-state index contributed by atoms with van der Waals surface area (Å²) in [7, 11) is 0. The summed E-state index contributed by atoms with van der Waals surface area (Å²) in [5.74, 6) is -1.12. The lowest BCUT2D eigenvalue weighted by Crippen LogP contribution is -2.59. The van der Waals surface area contributed by atoms with E-state index in [1.54, 1.807) is 24.3 Å². The Morgan fingerprint density at radius 2 is 1.02 bits per heavy atom. The van der Waals surface area contributed by atoms with Crippen molar-refractivity contribution in [1.82, 2.24) is 0 Å². The van der Waals surface area contributed by atoms with Crippen molar-refractivity contribution in [3.05, 3.63) is 144 Å². The largest absolute Gasteiger partial charge is 0.458 e. The smallest absolute Gasteiger partial charge is 0.338 e. The number of carbonyl (C=O) groups is 2. The molecule has 0 aromatic heterocycles. The Labute approximate surface area is 239 Å². The van der Waals surface area contributed by atoms with Crippen LogP contribution in [0, 0.1) is 0 Å². The van der Waals surface area contributed by atoms with Crippen LogP contribution in [0.25, 0.3) is 0 Å². The van der Waals surface area contributed by atoms with Crippen LogP contribution >= 0.6 is 0 Å². The van der Waals surface area contributed by atoms with Gasteiger partial charge in [-0.3, -0.25) is 0 Å². The lowest BCUT2D eigenvalue weighted by atomic mass is 9.98. The van der Waals surface area contributed by atoms with Crippen LogP contribution in [0.4, 0.5) is 0 Å². The third-order valence-corrected chi connectivity index (χ3v) is 6.72. The number of hydrogen-bond acceptors (Lipinski definition) is 7. The van der Waals surface area contributed by atoms with E-state index < -0.39 is 36.4 Å². The van der Waals surface area contributed by atoms with Crippen molar-refractivity contribution in [2.24, 2.45) is 0 Å². The highest BCUT2D eigenvalue weighted by molar-refractivity contribution is 5.89. The Morgan fingerprint density at radius 3 is 1.54 bits per heavy atom. The highest BCUT2D eigenvalue weighted by Gasteiger charge is 2.49. The average Bonchev–Trinajstić information content (AvgIpc) is 3.03. The Hall–Kier alpha value is -4.30. The standard InChI is InChI=1S/C34H32O7/c35-33(28-19-11-4-12-20-28)40-24-29-30(37-21-25-13-5-1-6-14-25)31(38-22-26-15-7-2-8-16-26)32(34(36)41-29)39-23-27-17-9-3-10-18-27/h1-20,29-32H,21-24H2/t29-,30-,31+,32-/m1/s1.